The van der Waals surface area contributed by atoms with E-state index in [0.717, 1.165) is 10.4 Å². The minimum Gasteiger partial charge on any atom is -0.330 e. The normalized spacial score (nSPS) is 12.5. The van der Waals surface area contributed by atoms with Crippen LogP contribution in [0.3, 0.4) is 0 Å². The van der Waals surface area contributed by atoms with Gasteiger partial charge in [-0.1, -0.05) is 11.6 Å². The van der Waals surface area contributed by atoms with E-state index in [1.165, 1.54) is 33.2 Å². The van der Waals surface area contributed by atoms with Gasteiger partial charge in [-0.2, -0.15) is 13.2 Å². The van der Waals surface area contributed by atoms with Crippen LogP contribution in [0.5, 0.6) is 0 Å². The fourth-order valence-corrected chi connectivity index (χ4v) is 3.15. The number of hydrogen-bond acceptors (Lipinski definition) is 3. The van der Waals surface area contributed by atoms with Crippen LogP contribution in [0.15, 0.2) is 23.1 Å². The number of sulfonamides is 1. The Kier molecular flexibility index (Phi) is 6.06. The molecule has 0 saturated heterocycles. The van der Waals surface area contributed by atoms with Gasteiger partial charge in [0.15, 0.2) is 0 Å². The molecule has 0 atom stereocenters. The van der Waals surface area contributed by atoms with Gasteiger partial charge in [0.05, 0.1) is 5.02 Å². The van der Waals surface area contributed by atoms with E-state index in [-0.39, 0.29) is 22.0 Å². The number of amides is 1. The molecule has 0 aromatic heterocycles. The third-order valence-corrected chi connectivity index (χ3v) is 5.27. The van der Waals surface area contributed by atoms with Crippen LogP contribution in [0, 0.1) is 0 Å². The second-order valence-electron chi connectivity index (χ2n) is 4.87. The maximum atomic E-state index is 12.5. The van der Waals surface area contributed by atoms with Gasteiger partial charge in [-0.25, -0.2) is 12.7 Å². The molecule has 0 aliphatic carbocycles. The van der Waals surface area contributed by atoms with Crippen molar-refractivity contribution in [2.45, 2.75) is 18.0 Å². The number of rotatable bonds is 5. The van der Waals surface area contributed by atoms with E-state index < -0.39 is 28.7 Å². The quantitative estimate of drug-likeness (QED) is 0.798. The monoisotopic (exact) mass is 372 g/mol. The molecule has 0 N–H and O–H groups in total. The zero-order chi connectivity index (χ0) is 18.0. The van der Waals surface area contributed by atoms with Gasteiger partial charge in [0.1, 0.15) is 11.4 Å². The highest BCUT2D eigenvalue weighted by Gasteiger charge is 2.33. The van der Waals surface area contributed by atoms with Crippen LogP contribution in [0.2, 0.25) is 5.02 Å². The smallest absolute Gasteiger partial charge is 0.330 e. The number of halogens is 4. The molecule has 0 heterocycles. The molecular weight excluding hydrogens is 357 g/mol. The lowest BCUT2D eigenvalue weighted by molar-refractivity contribution is -0.140. The number of alkyl halides is 3. The average Bonchev–Trinajstić information content (AvgIpc) is 2.43. The Bertz CT molecular complexity index is 690. The SMILES string of the molecule is CCN(CC(F)(F)F)C(=O)c1ccc(Cl)c(S(=O)(=O)N(C)C)c1. The van der Waals surface area contributed by atoms with Gasteiger partial charge < -0.3 is 4.90 Å². The van der Waals surface area contributed by atoms with Crippen LogP contribution >= 0.6 is 11.6 Å². The van der Waals surface area contributed by atoms with E-state index in [2.05, 4.69) is 0 Å². The summed E-state index contributed by atoms with van der Waals surface area (Å²) in [7, 11) is -1.36. The Morgan fingerprint density at radius 3 is 2.26 bits per heavy atom. The van der Waals surface area contributed by atoms with Crippen molar-refractivity contribution in [3.63, 3.8) is 0 Å². The maximum absolute atomic E-state index is 12.5. The van der Waals surface area contributed by atoms with Crippen molar-refractivity contribution in [2.75, 3.05) is 27.2 Å². The molecule has 0 fully saturated rings. The third kappa shape index (κ3) is 4.82. The van der Waals surface area contributed by atoms with Crippen molar-refractivity contribution >= 4 is 27.5 Å². The first-order valence-electron chi connectivity index (χ1n) is 6.48. The highest BCUT2D eigenvalue weighted by atomic mass is 35.5. The lowest BCUT2D eigenvalue weighted by Gasteiger charge is -2.23. The molecule has 0 saturated carbocycles. The van der Waals surface area contributed by atoms with Crippen molar-refractivity contribution in [1.82, 2.24) is 9.21 Å². The molecule has 1 amide bonds. The summed E-state index contributed by atoms with van der Waals surface area (Å²) in [5.74, 6) is -0.920. The summed E-state index contributed by atoms with van der Waals surface area (Å²) in [4.78, 5) is 12.4. The Hall–Kier alpha value is -1.32. The van der Waals surface area contributed by atoms with E-state index >= 15 is 0 Å². The predicted molar refractivity (Wildman–Crippen MR) is 80.0 cm³/mol. The molecular formula is C13H16ClF3N2O3S. The van der Waals surface area contributed by atoms with Crippen molar-refractivity contribution in [3.8, 4) is 0 Å². The van der Waals surface area contributed by atoms with Crippen molar-refractivity contribution in [1.29, 1.82) is 0 Å². The molecule has 0 aliphatic rings. The molecule has 10 heteroatoms. The zero-order valence-corrected chi connectivity index (χ0v) is 14.3. The largest absolute Gasteiger partial charge is 0.406 e. The van der Waals surface area contributed by atoms with Gasteiger partial charge >= 0.3 is 6.18 Å². The molecule has 1 aromatic rings. The zero-order valence-electron chi connectivity index (χ0n) is 12.7. The summed E-state index contributed by atoms with van der Waals surface area (Å²) < 4.78 is 62.6. The Balaban J connectivity index is 3.27. The second-order valence-corrected chi connectivity index (χ2v) is 7.39. The number of benzene rings is 1. The van der Waals surface area contributed by atoms with Crippen LogP contribution in [-0.2, 0) is 10.0 Å². The predicted octanol–water partition coefficient (Wildman–Crippen LogP) is 2.61. The molecule has 0 bridgehead atoms. The molecule has 1 aromatic carbocycles. The van der Waals surface area contributed by atoms with Gasteiger partial charge in [-0.15, -0.1) is 0 Å². The van der Waals surface area contributed by atoms with Crippen molar-refractivity contribution < 1.29 is 26.4 Å². The number of carbonyl (C=O) groups is 1. The number of hydrogen-bond donors (Lipinski definition) is 0. The van der Waals surface area contributed by atoms with E-state index in [1.807, 2.05) is 0 Å². The summed E-state index contributed by atoms with van der Waals surface area (Å²) >= 11 is 5.84. The fraction of sp³-hybridized carbons (Fsp3) is 0.462. The Labute approximate surface area is 137 Å². The average molecular weight is 373 g/mol. The Morgan fingerprint density at radius 2 is 1.83 bits per heavy atom. The van der Waals surface area contributed by atoms with Crippen LogP contribution in [0.1, 0.15) is 17.3 Å². The van der Waals surface area contributed by atoms with Crippen LogP contribution in [-0.4, -0.2) is 56.9 Å². The first-order chi connectivity index (χ1) is 10.4. The highest BCUT2D eigenvalue weighted by Crippen LogP contribution is 2.26. The summed E-state index contributed by atoms with van der Waals surface area (Å²) in [6.45, 7) is -0.186. The molecule has 130 valence electrons. The summed E-state index contributed by atoms with van der Waals surface area (Å²) in [5, 5.41) is -0.117. The highest BCUT2D eigenvalue weighted by molar-refractivity contribution is 7.89. The van der Waals surface area contributed by atoms with Gasteiger partial charge in [0, 0.05) is 26.2 Å². The fourth-order valence-electron chi connectivity index (χ4n) is 1.76. The molecule has 23 heavy (non-hydrogen) atoms. The minimum absolute atomic E-state index is 0.117. The first kappa shape index (κ1) is 19.7. The molecule has 5 nitrogen and oxygen atoms in total. The second kappa shape index (κ2) is 7.06. The third-order valence-electron chi connectivity index (χ3n) is 2.98. The van der Waals surface area contributed by atoms with E-state index in [9.17, 15) is 26.4 Å². The van der Waals surface area contributed by atoms with Crippen molar-refractivity contribution in [2.24, 2.45) is 0 Å². The molecule has 1 rings (SSSR count). The number of nitrogens with zero attached hydrogens (tertiary/aromatic N) is 2. The molecule has 0 radical (unpaired) electrons. The van der Waals surface area contributed by atoms with Crippen LogP contribution < -0.4 is 0 Å². The summed E-state index contributed by atoms with van der Waals surface area (Å²) in [6, 6.07) is 3.35. The summed E-state index contributed by atoms with van der Waals surface area (Å²) in [6.07, 6.45) is -4.55. The van der Waals surface area contributed by atoms with E-state index in [4.69, 9.17) is 11.6 Å². The summed E-state index contributed by atoms with van der Waals surface area (Å²) in [5.41, 5.74) is -0.180. The lowest BCUT2D eigenvalue weighted by atomic mass is 10.2. The molecule has 0 spiro atoms. The van der Waals surface area contributed by atoms with Crippen LogP contribution in [0.4, 0.5) is 13.2 Å². The molecule has 0 unspecified atom stereocenters. The van der Waals surface area contributed by atoms with Gasteiger partial charge in [0.25, 0.3) is 5.91 Å². The maximum Gasteiger partial charge on any atom is 0.406 e. The van der Waals surface area contributed by atoms with E-state index in [0.29, 0.717) is 4.90 Å². The number of carbonyl (C=O) groups excluding carboxylic acids is 1. The van der Waals surface area contributed by atoms with Gasteiger partial charge in [-0.3, -0.25) is 4.79 Å². The topological polar surface area (TPSA) is 57.7 Å². The Morgan fingerprint density at radius 1 is 1.26 bits per heavy atom. The first-order valence-corrected chi connectivity index (χ1v) is 8.30. The molecule has 0 aliphatic heterocycles. The van der Waals surface area contributed by atoms with Gasteiger partial charge in [-0.05, 0) is 25.1 Å². The van der Waals surface area contributed by atoms with Crippen LogP contribution in [0.25, 0.3) is 0 Å². The van der Waals surface area contributed by atoms with Crippen molar-refractivity contribution in [3.05, 3.63) is 28.8 Å². The minimum atomic E-state index is -4.55. The lowest BCUT2D eigenvalue weighted by Crippen LogP contribution is -2.38. The van der Waals surface area contributed by atoms with Gasteiger partial charge in [0.2, 0.25) is 10.0 Å². The van der Waals surface area contributed by atoms with E-state index in [1.54, 1.807) is 0 Å². The standard InChI is InChI=1S/C13H16ClF3N2O3S/c1-4-19(8-13(15,16)17)12(20)9-5-6-10(14)11(7-9)23(21,22)18(2)3/h5-7H,4,8H2,1-3H3.